The van der Waals surface area contributed by atoms with Gasteiger partial charge in [0.15, 0.2) is 0 Å². The van der Waals surface area contributed by atoms with Crippen molar-refractivity contribution in [2.24, 2.45) is 0 Å². The fraction of sp³-hybridized carbons (Fsp3) is 0.158. The first-order chi connectivity index (χ1) is 11.3. The zero-order valence-electron chi connectivity index (χ0n) is 13.4. The average molecular weight is 307 g/mol. The number of ether oxygens (including phenoxy) is 1. The van der Waals surface area contributed by atoms with Crippen molar-refractivity contribution in [3.8, 4) is 5.75 Å². The van der Waals surface area contributed by atoms with Gasteiger partial charge in [0.1, 0.15) is 5.75 Å². The molecule has 3 N–H and O–H groups in total. The molecule has 3 aromatic rings. The summed E-state index contributed by atoms with van der Waals surface area (Å²) in [4.78, 5) is 3.25. The molecular weight excluding hydrogens is 286 g/mol. The van der Waals surface area contributed by atoms with Crippen LogP contribution in [-0.4, -0.2) is 25.7 Å². The molecule has 0 aliphatic rings. The van der Waals surface area contributed by atoms with Gasteiger partial charge in [0.05, 0.1) is 7.11 Å². The van der Waals surface area contributed by atoms with Crippen molar-refractivity contribution >= 4 is 28.4 Å². The summed E-state index contributed by atoms with van der Waals surface area (Å²) >= 11 is 0. The van der Waals surface area contributed by atoms with Crippen molar-refractivity contribution in [2.75, 3.05) is 31.3 Å². The summed E-state index contributed by atoms with van der Waals surface area (Å²) in [6.45, 7) is 0.743. The fourth-order valence-corrected chi connectivity index (χ4v) is 2.64. The first kappa shape index (κ1) is 15.0. The summed E-state index contributed by atoms with van der Waals surface area (Å²) < 4.78 is 5.35. The molecule has 0 radical (unpaired) electrons. The van der Waals surface area contributed by atoms with Crippen LogP contribution in [0.4, 0.5) is 11.4 Å². The summed E-state index contributed by atoms with van der Waals surface area (Å²) in [7, 11) is 3.63. The average Bonchev–Trinajstić information content (AvgIpc) is 3.06. The number of aromatic amines is 1. The third kappa shape index (κ3) is 3.31. The highest BCUT2D eigenvalue weighted by molar-refractivity contribution is 5.95. The molecule has 3 rings (SSSR count). The van der Waals surface area contributed by atoms with Crippen molar-refractivity contribution in [2.45, 2.75) is 0 Å². The van der Waals surface area contributed by atoms with E-state index in [1.54, 1.807) is 7.11 Å². The number of anilines is 2. The SMILES string of the molecule is CNc1cc(NCC=Cc2ccccc2OC)cc2[nH]ccc12. The molecule has 0 saturated carbocycles. The van der Waals surface area contributed by atoms with Gasteiger partial charge in [0.25, 0.3) is 0 Å². The van der Waals surface area contributed by atoms with Crippen molar-refractivity contribution in [3.05, 3.63) is 60.3 Å². The Balaban J connectivity index is 1.70. The van der Waals surface area contributed by atoms with E-state index in [0.717, 1.165) is 34.7 Å². The summed E-state index contributed by atoms with van der Waals surface area (Å²) in [5.74, 6) is 0.883. The van der Waals surface area contributed by atoms with E-state index in [2.05, 4.69) is 46.0 Å². The second-order valence-corrected chi connectivity index (χ2v) is 5.24. The number of fused-ring (bicyclic) bond motifs is 1. The van der Waals surface area contributed by atoms with Crippen LogP contribution in [0.15, 0.2) is 54.7 Å². The van der Waals surface area contributed by atoms with Gasteiger partial charge in [-0.3, -0.25) is 0 Å². The van der Waals surface area contributed by atoms with E-state index in [-0.39, 0.29) is 0 Å². The monoisotopic (exact) mass is 307 g/mol. The highest BCUT2D eigenvalue weighted by Gasteiger charge is 2.03. The molecule has 1 heterocycles. The smallest absolute Gasteiger partial charge is 0.126 e. The molecule has 0 amide bonds. The molecule has 0 unspecified atom stereocenters. The number of para-hydroxylation sites is 1. The van der Waals surface area contributed by atoms with E-state index in [9.17, 15) is 0 Å². The number of rotatable bonds is 6. The van der Waals surface area contributed by atoms with Gasteiger partial charge >= 0.3 is 0 Å². The zero-order valence-corrected chi connectivity index (χ0v) is 13.4. The topological polar surface area (TPSA) is 49.1 Å². The minimum absolute atomic E-state index is 0.743. The lowest BCUT2D eigenvalue weighted by molar-refractivity contribution is 0.414. The lowest BCUT2D eigenvalue weighted by Crippen LogP contribution is -1.99. The largest absolute Gasteiger partial charge is 0.496 e. The van der Waals surface area contributed by atoms with E-state index in [1.807, 2.05) is 37.5 Å². The second kappa shape index (κ2) is 6.92. The summed E-state index contributed by atoms with van der Waals surface area (Å²) in [5.41, 5.74) is 4.38. The van der Waals surface area contributed by atoms with Crippen LogP contribution in [-0.2, 0) is 0 Å². The maximum absolute atomic E-state index is 5.35. The van der Waals surface area contributed by atoms with Crippen LogP contribution in [0.2, 0.25) is 0 Å². The van der Waals surface area contributed by atoms with Crippen LogP contribution in [0.3, 0.4) is 0 Å². The number of aromatic nitrogens is 1. The molecule has 2 aromatic carbocycles. The minimum atomic E-state index is 0.743. The molecule has 0 fully saturated rings. The molecule has 0 spiro atoms. The molecule has 23 heavy (non-hydrogen) atoms. The lowest BCUT2D eigenvalue weighted by Gasteiger charge is -2.08. The van der Waals surface area contributed by atoms with Crippen LogP contribution in [0.1, 0.15) is 5.56 Å². The van der Waals surface area contributed by atoms with Gasteiger partial charge in [-0.2, -0.15) is 0 Å². The fourth-order valence-electron chi connectivity index (χ4n) is 2.64. The third-order valence-electron chi connectivity index (χ3n) is 3.80. The van der Waals surface area contributed by atoms with Gasteiger partial charge < -0.3 is 20.4 Å². The number of hydrogen-bond donors (Lipinski definition) is 3. The van der Waals surface area contributed by atoms with Gasteiger partial charge in [-0.25, -0.2) is 0 Å². The van der Waals surface area contributed by atoms with Crippen LogP contribution in [0, 0.1) is 0 Å². The van der Waals surface area contributed by atoms with Gasteiger partial charge in [-0.05, 0) is 24.3 Å². The van der Waals surface area contributed by atoms with Gasteiger partial charge in [-0.1, -0.05) is 30.4 Å². The zero-order chi connectivity index (χ0) is 16.1. The predicted octanol–water partition coefficient (Wildman–Crippen LogP) is 4.34. The Labute approximate surface area is 136 Å². The Morgan fingerprint density at radius 2 is 2.04 bits per heavy atom. The van der Waals surface area contributed by atoms with Crippen molar-refractivity contribution in [1.82, 2.24) is 4.98 Å². The molecule has 4 heteroatoms. The lowest BCUT2D eigenvalue weighted by atomic mass is 10.2. The van der Waals surface area contributed by atoms with Crippen LogP contribution < -0.4 is 15.4 Å². The Bertz CT molecular complexity index is 820. The van der Waals surface area contributed by atoms with Crippen LogP contribution >= 0.6 is 0 Å². The standard InChI is InChI=1S/C19H21N3O/c1-20-17-12-15(13-18-16(17)9-11-22-18)21-10-5-7-14-6-3-4-8-19(14)23-2/h3-9,11-13,20-22H,10H2,1-2H3. The van der Waals surface area contributed by atoms with Gasteiger partial charge in [0.2, 0.25) is 0 Å². The van der Waals surface area contributed by atoms with E-state index >= 15 is 0 Å². The molecule has 0 bridgehead atoms. The highest BCUT2D eigenvalue weighted by atomic mass is 16.5. The number of hydrogen-bond acceptors (Lipinski definition) is 3. The van der Waals surface area contributed by atoms with Gasteiger partial charge in [0, 0.05) is 47.6 Å². The van der Waals surface area contributed by atoms with Crippen LogP contribution in [0.25, 0.3) is 17.0 Å². The quantitative estimate of drug-likeness (QED) is 0.635. The van der Waals surface area contributed by atoms with E-state index in [0.29, 0.717) is 0 Å². The molecular formula is C19H21N3O. The molecule has 1 aromatic heterocycles. The third-order valence-corrected chi connectivity index (χ3v) is 3.80. The Hall–Kier alpha value is -2.88. The van der Waals surface area contributed by atoms with E-state index < -0.39 is 0 Å². The maximum atomic E-state index is 5.35. The molecule has 0 saturated heterocycles. The van der Waals surface area contributed by atoms with Gasteiger partial charge in [-0.15, -0.1) is 0 Å². The maximum Gasteiger partial charge on any atom is 0.126 e. The van der Waals surface area contributed by atoms with E-state index in [4.69, 9.17) is 4.74 Å². The van der Waals surface area contributed by atoms with Crippen molar-refractivity contribution in [3.63, 3.8) is 0 Å². The van der Waals surface area contributed by atoms with Crippen molar-refractivity contribution in [1.29, 1.82) is 0 Å². The number of benzene rings is 2. The first-order valence-corrected chi connectivity index (χ1v) is 7.64. The van der Waals surface area contributed by atoms with Crippen molar-refractivity contribution < 1.29 is 4.74 Å². The summed E-state index contributed by atoms with van der Waals surface area (Å²) in [6, 6.07) is 14.3. The molecule has 4 nitrogen and oxygen atoms in total. The normalized spacial score (nSPS) is 11.0. The number of H-pyrrole nitrogens is 1. The molecule has 118 valence electrons. The number of nitrogens with one attached hydrogen (secondary N) is 3. The predicted molar refractivity (Wildman–Crippen MR) is 98.4 cm³/mol. The Morgan fingerprint density at radius 3 is 2.87 bits per heavy atom. The number of methoxy groups -OCH3 is 1. The molecule has 0 aliphatic heterocycles. The minimum Gasteiger partial charge on any atom is -0.496 e. The second-order valence-electron chi connectivity index (χ2n) is 5.24. The first-order valence-electron chi connectivity index (χ1n) is 7.64. The molecule has 0 atom stereocenters. The Morgan fingerprint density at radius 1 is 1.17 bits per heavy atom. The summed E-state index contributed by atoms with van der Waals surface area (Å²) in [5, 5.41) is 7.85. The Kier molecular flexibility index (Phi) is 4.52. The van der Waals surface area contributed by atoms with Crippen LogP contribution in [0.5, 0.6) is 5.75 Å². The molecule has 0 aliphatic carbocycles. The summed E-state index contributed by atoms with van der Waals surface area (Å²) in [6.07, 6.45) is 6.12. The van der Waals surface area contributed by atoms with E-state index in [1.165, 1.54) is 5.39 Å². The highest BCUT2D eigenvalue weighted by Crippen LogP contribution is 2.27.